The molecule has 1 N–H and O–H groups in total. The summed E-state index contributed by atoms with van der Waals surface area (Å²) in [5.74, 6) is 1.14. The molecule has 0 radical (unpaired) electrons. The number of thiophene rings is 1. The molecule has 102 valence electrons. The van der Waals surface area contributed by atoms with Gasteiger partial charge in [0.25, 0.3) is 5.91 Å². The number of nitrogens with zero attached hydrogens (tertiary/aromatic N) is 1. The molecule has 0 saturated carbocycles. The Kier molecular flexibility index (Phi) is 4.66. The average molecular weight is 297 g/mol. The van der Waals surface area contributed by atoms with Gasteiger partial charge in [0.05, 0.1) is 5.56 Å². The minimum Gasteiger partial charge on any atom is -0.478 e. The number of carboxylic acids is 1. The van der Waals surface area contributed by atoms with Gasteiger partial charge >= 0.3 is 5.97 Å². The zero-order chi connectivity index (χ0) is 13.8. The molecule has 1 fully saturated rings. The fourth-order valence-electron chi connectivity index (χ4n) is 1.90. The van der Waals surface area contributed by atoms with Crippen molar-refractivity contribution >= 4 is 41.1 Å². The maximum atomic E-state index is 12.3. The van der Waals surface area contributed by atoms with E-state index in [0.717, 1.165) is 28.9 Å². The van der Waals surface area contributed by atoms with Crippen molar-refractivity contribution in [1.29, 1.82) is 0 Å². The second-order valence-electron chi connectivity index (χ2n) is 4.34. The molecule has 1 unspecified atom stereocenters. The SMILES string of the molecule is CN(C(=O)c1csc(C=CC(=O)O)c1)C1CCSC1. The van der Waals surface area contributed by atoms with Gasteiger partial charge in [0.2, 0.25) is 0 Å². The number of rotatable bonds is 4. The molecule has 6 heteroatoms. The highest BCUT2D eigenvalue weighted by Gasteiger charge is 2.24. The summed E-state index contributed by atoms with van der Waals surface area (Å²) in [5, 5.41) is 10.3. The normalized spacial score (nSPS) is 18.9. The van der Waals surface area contributed by atoms with E-state index >= 15 is 0 Å². The summed E-state index contributed by atoms with van der Waals surface area (Å²) in [6, 6.07) is 2.06. The van der Waals surface area contributed by atoms with Crippen molar-refractivity contribution in [3.63, 3.8) is 0 Å². The molecular weight excluding hydrogens is 282 g/mol. The summed E-state index contributed by atoms with van der Waals surface area (Å²) in [6.07, 6.45) is 3.63. The van der Waals surface area contributed by atoms with E-state index in [1.165, 1.54) is 17.4 Å². The van der Waals surface area contributed by atoms with Crippen molar-refractivity contribution in [1.82, 2.24) is 4.90 Å². The first kappa shape index (κ1) is 14.1. The van der Waals surface area contributed by atoms with Crippen LogP contribution >= 0.6 is 23.1 Å². The Bertz CT molecular complexity index is 504. The molecule has 19 heavy (non-hydrogen) atoms. The lowest BCUT2D eigenvalue weighted by atomic mass is 10.2. The minimum atomic E-state index is -0.985. The predicted octanol–water partition coefficient (Wildman–Crippen LogP) is 2.42. The van der Waals surface area contributed by atoms with Crippen LogP contribution in [0.15, 0.2) is 17.5 Å². The topological polar surface area (TPSA) is 57.6 Å². The molecule has 1 aromatic rings. The van der Waals surface area contributed by atoms with E-state index in [2.05, 4.69) is 0 Å². The highest BCUT2D eigenvalue weighted by atomic mass is 32.2. The molecular formula is C13H15NO3S2. The van der Waals surface area contributed by atoms with Gasteiger partial charge in [0.15, 0.2) is 0 Å². The highest BCUT2D eigenvalue weighted by molar-refractivity contribution is 7.99. The summed E-state index contributed by atoms with van der Waals surface area (Å²) in [7, 11) is 1.84. The smallest absolute Gasteiger partial charge is 0.328 e. The Morgan fingerprint density at radius 2 is 2.32 bits per heavy atom. The lowest BCUT2D eigenvalue weighted by Gasteiger charge is -2.23. The molecule has 2 rings (SSSR count). The van der Waals surface area contributed by atoms with E-state index in [1.54, 1.807) is 16.3 Å². The number of carbonyl (C=O) groups is 2. The van der Waals surface area contributed by atoms with Crippen molar-refractivity contribution < 1.29 is 14.7 Å². The van der Waals surface area contributed by atoms with Gasteiger partial charge in [-0.25, -0.2) is 4.79 Å². The van der Waals surface area contributed by atoms with Gasteiger partial charge in [-0.1, -0.05) is 0 Å². The van der Waals surface area contributed by atoms with Crippen LogP contribution in [-0.2, 0) is 4.79 Å². The van der Waals surface area contributed by atoms with Gasteiger partial charge in [0.1, 0.15) is 0 Å². The van der Waals surface area contributed by atoms with Crippen molar-refractivity contribution in [3.05, 3.63) is 28.0 Å². The van der Waals surface area contributed by atoms with Crippen LogP contribution in [0.2, 0.25) is 0 Å². The van der Waals surface area contributed by atoms with E-state index < -0.39 is 5.97 Å². The summed E-state index contributed by atoms with van der Waals surface area (Å²) in [4.78, 5) is 25.3. The second kappa shape index (κ2) is 6.25. The Morgan fingerprint density at radius 1 is 1.53 bits per heavy atom. The Hall–Kier alpha value is -1.27. The fraction of sp³-hybridized carbons (Fsp3) is 0.385. The Balaban J connectivity index is 2.05. The highest BCUT2D eigenvalue weighted by Crippen LogP contribution is 2.24. The molecule has 1 aliphatic rings. The molecule has 0 aliphatic carbocycles. The van der Waals surface area contributed by atoms with Crippen LogP contribution in [0.3, 0.4) is 0 Å². The number of hydrogen-bond acceptors (Lipinski definition) is 4. The van der Waals surface area contributed by atoms with Crippen LogP contribution in [0, 0.1) is 0 Å². The van der Waals surface area contributed by atoms with E-state index in [4.69, 9.17) is 5.11 Å². The Morgan fingerprint density at radius 3 is 2.95 bits per heavy atom. The first-order valence-corrected chi connectivity index (χ1v) is 7.96. The minimum absolute atomic E-state index is 0.0127. The zero-order valence-corrected chi connectivity index (χ0v) is 12.2. The number of amides is 1. The van der Waals surface area contributed by atoms with Gasteiger partial charge in [-0.15, -0.1) is 11.3 Å². The molecule has 1 aliphatic heterocycles. The van der Waals surface area contributed by atoms with Gasteiger partial charge in [-0.3, -0.25) is 4.79 Å². The van der Waals surface area contributed by atoms with E-state index in [9.17, 15) is 9.59 Å². The molecule has 0 bridgehead atoms. The molecule has 1 atom stereocenters. The van der Waals surface area contributed by atoms with Crippen molar-refractivity contribution in [2.45, 2.75) is 12.5 Å². The summed E-state index contributed by atoms with van der Waals surface area (Å²) < 4.78 is 0. The largest absolute Gasteiger partial charge is 0.478 e. The summed E-state index contributed by atoms with van der Waals surface area (Å²) in [6.45, 7) is 0. The average Bonchev–Trinajstić information content (AvgIpc) is 3.05. The summed E-state index contributed by atoms with van der Waals surface area (Å²) >= 11 is 3.25. The van der Waals surface area contributed by atoms with Crippen molar-refractivity contribution in [2.75, 3.05) is 18.6 Å². The van der Waals surface area contributed by atoms with E-state index in [0.29, 0.717) is 11.6 Å². The van der Waals surface area contributed by atoms with Gasteiger partial charge in [0, 0.05) is 35.2 Å². The van der Waals surface area contributed by atoms with Crippen LogP contribution in [0.25, 0.3) is 6.08 Å². The number of carboxylic acid groups (broad SMARTS) is 1. The number of thioether (sulfide) groups is 1. The third-order valence-electron chi connectivity index (χ3n) is 3.03. The van der Waals surface area contributed by atoms with Crippen LogP contribution in [0.1, 0.15) is 21.7 Å². The van der Waals surface area contributed by atoms with Crippen LogP contribution in [0.5, 0.6) is 0 Å². The second-order valence-corrected chi connectivity index (χ2v) is 6.44. The maximum absolute atomic E-state index is 12.3. The third-order valence-corrected chi connectivity index (χ3v) is 5.07. The molecule has 0 spiro atoms. The van der Waals surface area contributed by atoms with Crippen LogP contribution in [0.4, 0.5) is 0 Å². The van der Waals surface area contributed by atoms with Crippen LogP contribution in [-0.4, -0.2) is 46.5 Å². The van der Waals surface area contributed by atoms with Crippen molar-refractivity contribution in [3.8, 4) is 0 Å². The third kappa shape index (κ3) is 3.61. The predicted molar refractivity (Wildman–Crippen MR) is 78.8 cm³/mol. The zero-order valence-electron chi connectivity index (χ0n) is 10.5. The molecule has 1 amide bonds. The maximum Gasteiger partial charge on any atom is 0.328 e. The lowest BCUT2D eigenvalue weighted by molar-refractivity contribution is -0.131. The summed E-state index contributed by atoms with van der Waals surface area (Å²) in [5.41, 5.74) is 0.634. The molecule has 0 aromatic carbocycles. The van der Waals surface area contributed by atoms with Gasteiger partial charge < -0.3 is 10.0 Å². The molecule has 2 heterocycles. The number of carbonyl (C=O) groups excluding carboxylic acids is 1. The number of aliphatic carboxylic acids is 1. The Labute approximate surface area is 120 Å². The standard InChI is InChI=1S/C13H15NO3S2/c1-14(10-4-5-18-8-10)13(17)9-6-11(19-7-9)2-3-12(15)16/h2-3,6-7,10H,4-5,8H2,1H3,(H,15,16). The first-order valence-electron chi connectivity index (χ1n) is 5.92. The van der Waals surface area contributed by atoms with E-state index in [1.807, 2.05) is 18.8 Å². The van der Waals surface area contributed by atoms with Gasteiger partial charge in [-0.05, 0) is 24.3 Å². The quantitative estimate of drug-likeness (QED) is 0.867. The molecule has 4 nitrogen and oxygen atoms in total. The molecule has 1 saturated heterocycles. The first-order chi connectivity index (χ1) is 9.08. The lowest BCUT2D eigenvalue weighted by Crippen LogP contribution is -2.36. The van der Waals surface area contributed by atoms with E-state index in [-0.39, 0.29) is 5.91 Å². The monoisotopic (exact) mass is 297 g/mol. The fourth-order valence-corrected chi connectivity index (χ4v) is 3.94. The number of hydrogen-bond donors (Lipinski definition) is 1. The van der Waals surface area contributed by atoms with Gasteiger partial charge in [-0.2, -0.15) is 11.8 Å². The van der Waals surface area contributed by atoms with Crippen LogP contribution < -0.4 is 0 Å². The van der Waals surface area contributed by atoms with Crippen molar-refractivity contribution in [2.24, 2.45) is 0 Å². The molecule has 1 aromatic heterocycles.